The van der Waals surface area contributed by atoms with Crippen LogP contribution in [0.3, 0.4) is 0 Å². The summed E-state index contributed by atoms with van der Waals surface area (Å²) in [6, 6.07) is 6.94. The van der Waals surface area contributed by atoms with Gasteiger partial charge < -0.3 is 14.8 Å². The first kappa shape index (κ1) is 17.2. The third kappa shape index (κ3) is 4.68. The largest absolute Gasteiger partial charge is 0.489 e. The van der Waals surface area contributed by atoms with E-state index in [0.717, 1.165) is 0 Å². The molecule has 1 amide bonds. The van der Waals surface area contributed by atoms with Gasteiger partial charge in [0, 0.05) is 18.5 Å². The van der Waals surface area contributed by atoms with Gasteiger partial charge in [0.25, 0.3) is 5.91 Å². The van der Waals surface area contributed by atoms with Crippen LogP contribution in [-0.4, -0.2) is 29.6 Å². The van der Waals surface area contributed by atoms with Gasteiger partial charge in [0.1, 0.15) is 0 Å². The lowest BCUT2D eigenvalue weighted by atomic mass is 9.90. The van der Waals surface area contributed by atoms with Crippen LogP contribution in [-0.2, 0) is 0 Å². The molecule has 0 saturated heterocycles. The van der Waals surface area contributed by atoms with E-state index in [1.807, 2.05) is 6.07 Å². The Bertz CT molecular complexity index is 697. The molecule has 3 rings (SSSR count). The van der Waals surface area contributed by atoms with E-state index in [-0.39, 0.29) is 5.91 Å². The lowest BCUT2D eigenvalue weighted by Gasteiger charge is -2.22. The smallest absolute Gasteiger partial charge is 0.258 e. The second kappa shape index (κ2) is 8.46. The number of aromatic nitrogens is 2. The van der Waals surface area contributed by atoms with E-state index >= 15 is 0 Å². The molecule has 2 heterocycles. The Balaban J connectivity index is 1.64. The van der Waals surface area contributed by atoms with Crippen LogP contribution in [0.5, 0.6) is 11.6 Å². The van der Waals surface area contributed by atoms with Gasteiger partial charge in [0.2, 0.25) is 5.88 Å². The number of pyridine rings is 2. The molecular weight excluding hydrogens is 318 g/mol. The van der Waals surface area contributed by atoms with Crippen LogP contribution in [0.4, 0.5) is 5.82 Å². The predicted octanol–water partition coefficient (Wildman–Crippen LogP) is 3.70. The van der Waals surface area contributed by atoms with Gasteiger partial charge in [-0.3, -0.25) is 4.79 Å². The summed E-state index contributed by atoms with van der Waals surface area (Å²) in [5.41, 5.74) is 0.435. The highest BCUT2D eigenvalue weighted by Gasteiger charge is 2.16. The zero-order valence-electron chi connectivity index (χ0n) is 14.4. The Labute approximate surface area is 147 Å². The maximum atomic E-state index is 12.4. The van der Waals surface area contributed by atoms with Gasteiger partial charge in [-0.25, -0.2) is 9.97 Å². The van der Waals surface area contributed by atoms with Crippen molar-refractivity contribution in [2.24, 2.45) is 5.92 Å². The molecule has 1 aliphatic carbocycles. The number of hydrogen-bond acceptors (Lipinski definition) is 5. The molecule has 1 fully saturated rings. The molecule has 1 N–H and O–H groups in total. The molecule has 0 bridgehead atoms. The van der Waals surface area contributed by atoms with E-state index in [1.165, 1.54) is 45.4 Å². The van der Waals surface area contributed by atoms with E-state index in [0.29, 0.717) is 35.5 Å². The summed E-state index contributed by atoms with van der Waals surface area (Å²) in [6.07, 6.45) is 9.39. The Morgan fingerprint density at radius 1 is 1.20 bits per heavy atom. The Hall–Kier alpha value is -2.63. The SMILES string of the molecule is COc1ccc(C(=O)Nc2ncccc2OCC2CCCCC2)cn1. The second-order valence-corrected chi connectivity index (χ2v) is 6.21. The molecule has 0 atom stereocenters. The molecule has 0 unspecified atom stereocenters. The fourth-order valence-electron chi connectivity index (χ4n) is 2.98. The normalized spacial score (nSPS) is 14.8. The molecule has 0 aliphatic heterocycles. The molecule has 132 valence electrons. The van der Waals surface area contributed by atoms with Crippen LogP contribution in [0.2, 0.25) is 0 Å². The highest BCUT2D eigenvalue weighted by atomic mass is 16.5. The summed E-state index contributed by atoms with van der Waals surface area (Å²) >= 11 is 0. The summed E-state index contributed by atoms with van der Waals surface area (Å²) in [5.74, 6) is 1.80. The first-order valence-electron chi connectivity index (χ1n) is 8.65. The number of nitrogens with one attached hydrogen (secondary N) is 1. The van der Waals surface area contributed by atoms with Crippen molar-refractivity contribution in [3.8, 4) is 11.6 Å². The molecule has 25 heavy (non-hydrogen) atoms. The van der Waals surface area contributed by atoms with Crippen LogP contribution in [0.1, 0.15) is 42.5 Å². The number of anilines is 1. The maximum Gasteiger partial charge on any atom is 0.258 e. The summed E-state index contributed by atoms with van der Waals surface area (Å²) in [6.45, 7) is 0.665. The van der Waals surface area contributed by atoms with Crippen LogP contribution in [0.25, 0.3) is 0 Å². The van der Waals surface area contributed by atoms with Gasteiger partial charge in [-0.1, -0.05) is 19.3 Å². The van der Waals surface area contributed by atoms with E-state index < -0.39 is 0 Å². The van der Waals surface area contributed by atoms with Crippen molar-refractivity contribution in [3.05, 3.63) is 42.2 Å². The number of hydrogen-bond donors (Lipinski definition) is 1. The fraction of sp³-hybridized carbons (Fsp3) is 0.421. The van der Waals surface area contributed by atoms with Crippen molar-refractivity contribution in [3.63, 3.8) is 0 Å². The van der Waals surface area contributed by atoms with Crippen LogP contribution < -0.4 is 14.8 Å². The molecule has 2 aromatic heterocycles. The Kier molecular flexibility index (Phi) is 5.82. The minimum Gasteiger partial charge on any atom is -0.489 e. The predicted molar refractivity (Wildman–Crippen MR) is 95.0 cm³/mol. The zero-order chi connectivity index (χ0) is 17.5. The van der Waals surface area contributed by atoms with Crippen LogP contribution in [0, 0.1) is 5.92 Å². The molecular formula is C19H23N3O3. The van der Waals surface area contributed by atoms with E-state index in [9.17, 15) is 4.79 Å². The van der Waals surface area contributed by atoms with Crippen LogP contribution >= 0.6 is 0 Å². The number of carbonyl (C=O) groups excluding carboxylic acids is 1. The van der Waals surface area contributed by atoms with Crippen molar-refractivity contribution >= 4 is 11.7 Å². The summed E-state index contributed by atoms with van der Waals surface area (Å²) in [5, 5.41) is 2.80. The number of methoxy groups -OCH3 is 1. The molecule has 0 spiro atoms. The molecule has 0 aromatic carbocycles. The van der Waals surface area contributed by atoms with E-state index in [4.69, 9.17) is 9.47 Å². The third-order valence-corrected chi connectivity index (χ3v) is 4.41. The zero-order valence-corrected chi connectivity index (χ0v) is 14.4. The van der Waals surface area contributed by atoms with Crippen molar-refractivity contribution in [1.29, 1.82) is 0 Å². The summed E-state index contributed by atoms with van der Waals surface area (Å²) in [7, 11) is 1.53. The van der Waals surface area contributed by atoms with Gasteiger partial charge in [-0.2, -0.15) is 0 Å². The maximum absolute atomic E-state index is 12.4. The number of carbonyl (C=O) groups is 1. The molecule has 6 nitrogen and oxygen atoms in total. The molecule has 2 aromatic rings. The standard InChI is InChI=1S/C19H23N3O3/c1-24-17-10-9-15(12-21-17)19(23)22-18-16(8-5-11-20-18)25-13-14-6-3-2-4-7-14/h5,8-12,14H,2-4,6-7,13H2,1H3,(H,20,22,23). The molecule has 6 heteroatoms. The lowest BCUT2D eigenvalue weighted by molar-refractivity contribution is 0.102. The summed E-state index contributed by atoms with van der Waals surface area (Å²) < 4.78 is 10.9. The monoisotopic (exact) mass is 341 g/mol. The molecule has 1 saturated carbocycles. The molecule has 1 aliphatic rings. The lowest BCUT2D eigenvalue weighted by Crippen LogP contribution is -2.18. The second-order valence-electron chi connectivity index (χ2n) is 6.21. The number of ether oxygens (including phenoxy) is 2. The van der Waals surface area contributed by atoms with Gasteiger partial charge >= 0.3 is 0 Å². The third-order valence-electron chi connectivity index (χ3n) is 4.41. The van der Waals surface area contributed by atoms with Gasteiger partial charge in [-0.05, 0) is 37.0 Å². The van der Waals surface area contributed by atoms with Crippen molar-refractivity contribution in [1.82, 2.24) is 9.97 Å². The highest BCUT2D eigenvalue weighted by molar-refractivity contribution is 6.04. The fourth-order valence-corrected chi connectivity index (χ4v) is 2.98. The highest BCUT2D eigenvalue weighted by Crippen LogP contribution is 2.27. The first-order valence-corrected chi connectivity index (χ1v) is 8.65. The average Bonchev–Trinajstić information content (AvgIpc) is 2.68. The minimum absolute atomic E-state index is 0.281. The van der Waals surface area contributed by atoms with E-state index in [2.05, 4.69) is 15.3 Å². The van der Waals surface area contributed by atoms with Crippen molar-refractivity contribution in [2.75, 3.05) is 19.0 Å². The number of amides is 1. The van der Waals surface area contributed by atoms with Crippen molar-refractivity contribution in [2.45, 2.75) is 32.1 Å². The number of nitrogens with zero attached hydrogens (tertiary/aromatic N) is 2. The van der Waals surface area contributed by atoms with E-state index in [1.54, 1.807) is 24.4 Å². The molecule has 0 radical (unpaired) electrons. The van der Waals surface area contributed by atoms with Gasteiger partial charge in [0.05, 0.1) is 19.3 Å². The van der Waals surface area contributed by atoms with Crippen molar-refractivity contribution < 1.29 is 14.3 Å². The summed E-state index contributed by atoms with van der Waals surface area (Å²) in [4.78, 5) is 20.7. The van der Waals surface area contributed by atoms with Gasteiger partial charge in [0.15, 0.2) is 11.6 Å². The Morgan fingerprint density at radius 3 is 2.76 bits per heavy atom. The topological polar surface area (TPSA) is 73.3 Å². The Morgan fingerprint density at radius 2 is 2.04 bits per heavy atom. The van der Waals surface area contributed by atoms with Crippen LogP contribution in [0.15, 0.2) is 36.7 Å². The number of rotatable bonds is 6. The average molecular weight is 341 g/mol. The van der Waals surface area contributed by atoms with Gasteiger partial charge in [-0.15, -0.1) is 0 Å². The first-order chi connectivity index (χ1) is 12.3. The minimum atomic E-state index is -0.281. The quantitative estimate of drug-likeness (QED) is 0.867.